The molecule has 0 saturated carbocycles. The van der Waals surface area contributed by atoms with Gasteiger partial charge < -0.3 is 23.5 Å². The van der Waals surface area contributed by atoms with E-state index in [-0.39, 0.29) is 6.10 Å². The number of unbranched alkanes of at least 4 members (excludes halogenated alkanes) is 1. The molecule has 1 fully saturated rings. The molecule has 1 atom stereocenters. The van der Waals surface area contributed by atoms with Crippen molar-refractivity contribution in [2.45, 2.75) is 51.7 Å². The van der Waals surface area contributed by atoms with Crippen LogP contribution in [-0.4, -0.2) is 44.6 Å². The molecule has 0 amide bonds. The van der Waals surface area contributed by atoms with Crippen LogP contribution in [0.5, 0.6) is 17.2 Å². The SMILES string of the molecule is CCCCOc1cc2n(/c(=N/CC3CCCO3)c1)CCc1c-2ccc(OC)c1OC. The minimum absolute atomic E-state index is 0.228. The van der Waals surface area contributed by atoms with Gasteiger partial charge in [0.1, 0.15) is 11.2 Å². The van der Waals surface area contributed by atoms with Crippen LogP contribution in [-0.2, 0) is 17.7 Å². The number of hydrogen-bond donors (Lipinski definition) is 0. The van der Waals surface area contributed by atoms with Gasteiger partial charge in [-0.3, -0.25) is 4.99 Å². The Morgan fingerprint density at radius 2 is 2.10 bits per heavy atom. The summed E-state index contributed by atoms with van der Waals surface area (Å²) in [6, 6.07) is 8.28. The Bertz CT molecular complexity index is 945. The van der Waals surface area contributed by atoms with Crippen LogP contribution in [0.3, 0.4) is 0 Å². The number of rotatable bonds is 8. The van der Waals surface area contributed by atoms with Crippen LogP contribution in [0.1, 0.15) is 38.2 Å². The van der Waals surface area contributed by atoms with E-state index in [9.17, 15) is 0 Å². The summed E-state index contributed by atoms with van der Waals surface area (Å²) in [6.07, 6.45) is 5.45. The number of hydrogen-bond acceptors (Lipinski definition) is 5. The maximum absolute atomic E-state index is 6.08. The monoisotopic (exact) mass is 412 g/mol. The lowest BCUT2D eigenvalue weighted by atomic mass is 9.95. The number of nitrogens with zero attached hydrogens (tertiary/aromatic N) is 2. The van der Waals surface area contributed by atoms with Crippen LogP contribution in [0.15, 0.2) is 29.3 Å². The fraction of sp³-hybridized carbons (Fsp3) is 0.542. The smallest absolute Gasteiger partial charge is 0.164 e. The molecule has 2 aliphatic rings. The minimum atomic E-state index is 0.228. The highest BCUT2D eigenvalue weighted by Gasteiger charge is 2.23. The van der Waals surface area contributed by atoms with Crippen molar-refractivity contribution in [1.29, 1.82) is 0 Å². The van der Waals surface area contributed by atoms with E-state index < -0.39 is 0 Å². The first-order chi connectivity index (χ1) is 14.7. The predicted molar refractivity (Wildman–Crippen MR) is 116 cm³/mol. The first-order valence-electron chi connectivity index (χ1n) is 11.0. The van der Waals surface area contributed by atoms with Crippen LogP contribution in [0.4, 0.5) is 0 Å². The standard InChI is InChI=1S/C24H32N2O4/c1-4-5-12-30-18-14-21-19-8-9-22(27-2)24(28-3)20(19)10-11-26(21)23(15-18)25-16-17-7-6-13-29-17/h8-9,14-15,17H,4-7,10-13,16H2,1-3H3/b25-23+. The summed E-state index contributed by atoms with van der Waals surface area (Å²) in [7, 11) is 3.38. The molecule has 1 saturated heterocycles. The lowest BCUT2D eigenvalue weighted by Crippen LogP contribution is -2.28. The zero-order valence-electron chi connectivity index (χ0n) is 18.3. The molecule has 1 unspecified atom stereocenters. The van der Waals surface area contributed by atoms with Gasteiger partial charge in [0.05, 0.1) is 39.2 Å². The van der Waals surface area contributed by atoms with Crippen molar-refractivity contribution in [2.24, 2.45) is 4.99 Å². The molecular weight excluding hydrogens is 380 g/mol. The van der Waals surface area contributed by atoms with Crippen molar-refractivity contribution in [3.63, 3.8) is 0 Å². The molecule has 0 aliphatic carbocycles. The second kappa shape index (κ2) is 9.56. The first-order valence-corrected chi connectivity index (χ1v) is 11.0. The first kappa shape index (κ1) is 20.8. The van der Waals surface area contributed by atoms with Gasteiger partial charge >= 0.3 is 0 Å². The molecule has 0 radical (unpaired) electrons. The Kier molecular flexibility index (Phi) is 6.62. The van der Waals surface area contributed by atoms with E-state index in [4.69, 9.17) is 23.9 Å². The van der Waals surface area contributed by atoms with E-state index >= 15 is 0 Å². The molecule has 0 N–H and O–H groups in total. The molecule has 2 aromatic rings. The number of benzene rings is 1. The molecule has 6 nitrogen and oxygen atoms in total. The maximum Gasteiger partial charge on any atom is 0.164 e. The lowest BCUT2D eigenvalue weighted by Gasteiger charge is -2.26. The van der Waals surface area contributed by atoms with Crippen molar-refractivity contribution in [3.8, 4) is 28.5 Å². The predicted octanol–water partition coefficient (Wildman–Crippen LogP) is 3.99. The fourth-order valence-corrected chi connectivity index (χ4v) is 4.28. The molecule has 162 valence electrons. The van der Waals surface area contributed by atoms with Gasteiger partial charge in [-0.25, -0.2) is 0 Å². The molecule has 0 spiro atoms. The molecule has 1 aromatic carbocycles. The Morgan fingerprint density at radius 1 is 1.20 bits per heavy atom. The van der Waals surface area contributed by atoms with Gasteiger partial charge in [0.15, 0.2) is 11.5 Å². The van der Waals surface area contributed by atoms with Crippen molar-refractivity contribution in [2.75, 3.05) is 34.0 Å². The average Bonchev–Trinajstić information content (AvgIpc) is 3.30. The summed E-state index contributed by atoms with van der Waals surface area (Å²) in [6.45, 7) is 5.26. The van der Waals surface area contributed by atoms with Gasteiger partial charge in [-0.2, -0.15) is 0 Å². The van der Waals surface area contributed by atoms with E-state index in [1.165, 1.54) is 5.56 Å². The molecule has 2 aliphatic heterocycles. The van der Waals surface area contributed by atoms with Crippen LogP contribution < -0.4 is 19.7 Å². The third kappa shape index (κ3) is 4.19. The van der Waals surface area contributed by atoms with Crippen molar-refractivity contribution in [1.82, 2.24) is 4.57 Å². The molecule has 0 bridgehead atoms. The summed E-state index contributed by atoms with van der Waals surface area (Å²) in [4.78, 5) is 4.94. The highest BCUT2D eigenvalue weighted by molar-refractivity contribution is 5.72. The van der Waals surface area contributed by atoms with Crippen molar-refractivity contribution >= 4 is 0 Å². The van der Waals surface area contributed by atoms with E-state index in [1.54, 1.807) is 14.2 Å². The Hall–Kier alpha value is -2.47. The zero-order chi connectivity index (χ0) is 20.9. The molecule has 30 heavy (non-hydrogen) atoms. The van der Waals surface area contributed by atoms with Crippen LogP contribution in [0.25, 0.3) is 11.3 Å². The minimum Gasteiger partial charge on any atom is -0.493 e. The summed E-state index contributed by atoms with van der Waals surface area (Å²) < 4.78 is 25.4. The Morgan fingerprint density at radius 3 is 2.83 bits per heavy atom. The van der Waals surface area contributed by atoms with E-state index in [2.05, 4.69) is 29.7 Å². The maximum atomic E-state index is 6.08. The molecular formula is C24H32N2O4. The van der Waals surface area contributed by atoms with E-state index in [0.29, 0.717) is 13.2 Å². The van der Waals surface area contributed by atoms with Gasteiger partial charge in [0.25, 0.3) is 0 Å². The summed E-state index contributed by atoms with van der Waals surface area (Å²) in [5.41, 5.74) is 4.38. The van der Waals surface area contributed by atoms with Crippen molar-refractivity contribution < 1.29 is 18.9 Å². The second-order valence-electron chi connectivity index (χ2n) is 7.84. The second-order valence-corrected chi connectivity index (χ2v) is 7.84. The van der Waals surface area contributed by atoms with Crippen LogP contribution in [0, 0.1) is 0 Å². The van der Waals surface area contributed by atoms with E-state index in [0.717, 1.165) is 79.2 Å². The highest BCUT2D eigenvalue weighted by atomic mass is 16.5. The number of pyridine rings is 1. The van der Waals surface area contributed by atoms with Crippen LogP contribution >= 0.6 is 0 Å². The van der Waals surface area contributed by atoms with Gasteiger partial charge in [0, 0.05) is 36.4 Å². The number of methoxy groups -OCH3 is 2. The quantitative estimate of drug-likeness (QED) is 0.616. The van der Waals surface area contributed by atoms with Gasteiger partial charge in [0.2, 0.25) is 0 Å². The van der Waals surface area contributed by atoms with Crippen LogP contribution in [0.2, 0.25) is 0 Å². The molecule has 6 heteroatoms. The third-order valence-electron chi connectivity index (χ3n) is 5.87. The normalized spacial score (nSPS) is 18.1. The Balaban J connectivity index is 1.78. The lowest BCUT2D eigenvalue weighted by molar-refractivity contribution is 0.117. The zero-order valence-corrected chi connectivity index (χ0v) is 18.3. The van der Waals surface area contributed by atoms with E-state index in [1.807, 2.05) is 6.07 Å². The summed E-state index contributed by atoms with van der Waals surface area (Å²) >= 11 is 0. The van der Waals surface area contributed by atoms with Gasteiger partial charge in [-0.05, 0) is 37.8 Å². The fourth-order valence-electron chi connectivity index (χ4n) is 4.28. The topological polar surface area (TPSA) is 54.2 Å². The molecule has 4 rings (SSSR count). The summed E-state index contributed by atoms with van der Waals surface area (Å²) in [5.74, 6) is 2.45. The number of aromatic nitrogens is 1. The van der Waals surface area contributed by atoms with Crippen molar-refractivity contribution in [3.05, 3.63) is 35.3 Å². The van der Waals surface area contributed by atoms with Gasteiger partial charge in [-0.1, -0.05) is 13.3 Å². The summed E-state index contributed by atoms with van der Waals surface area (Å²) in [5, 5.41) is 0. The third-order valence-corrected chi connectivity index (χ3v) is 5.87. The highest BCUT2D eigenvalue weighted by Crippen LogP contribution is 2.41. The number of fused-ring (bicyclic) bond motifs is 3. The largest absolute Gasteiger partial charge is 0.493 e. The molecule has 1 aromatic heterocycles. The molecule has 3 heterocycles. The average molecular weight is 413 g/mol. The Labute approximate surface area is 178 Å². The number of ether oxygens (including phenoxy) is 4. The van der Waals surface area contributed by atoms with Gasteiger partial charge in [-0.15, -0.1) is 0 Å².